The van der Waals surface area contributed by atoms with Crippen LogP contribution in [0.2, 0.25) is 0 Å². The highest BCUT2D eigenvalue weighted by molar-refractivity contribution is 6.01. The van der Waals surface area contributed by atoms with E-state index < -0.39 is 47.0 Å². The Balaban J connectivity index is 1.40. The van der Waals surface area contributed by atoms with E-state index >= 15 is 0 Å². The molecule has 4 fully saturated rings. The Kier molecular flexibility index (Phi) is 8.27. The number of ether oxygens (including phenoxy) is 3. The molecule has 1 unspecified atom stereocenters. The number of esters is 1. The molecule has 0 spiro atoms. The Morgan fingerprint density at radius 2 is 1.83 bits per heavy atom. The molecule has 226 valence electrons. The van der Waals surface area contributed by atoms with Crippen LogP contribution >= 0.6 is 0 Å². The van der Waals surface area contributed by atoms with Crippen LogP contribution in [0.3, 0.4) is 0 Å². The highest BCUT2D eigenvalue weighted by Gasteiger charge is 2.71. The van der Waals surface area contributed by atoms with Gasteiger partial charge in [-0.15, -0.1) is 0 Å². The lowest BCUT2D eigenvalue weighted by Gasteiger charge is -2.61. The van der Waals surface area contributed by atoms with E-state index in [1.807, 2.05) is 13.0 Å². The van der Waals surface area contributed by atoms with E-state index in [2.05, 4.69) is 13.8 Å². The normalized spacial score (nSPS) is 39.8. The van der Waals surface area contributed by atoms with E-state index in [0.717, 1.165) is 31.3 Å². The van der Waals surface area contributed by atoms with Crippen LogP contribution in [0.1, 0.15) is 91.9 Å². The summed E-state index contributed by atoms with van der Waals surface area (Å²) in [5.41, 5.74) is -1.86. The minimum Gasteiger partial charge on any atom is -0.457 e. The van der Waals surface area contributed by atoms with Crippen LogP contribution in [0, 0.1) is 40.4 Å². The molecule has 0 radical (unpaired) electrons. The van der Waals surface area contributed by atoms with E-state index in [1.165, 1.54) is 12.8 Å². The van der Waals surface area contributed by atoms with Crippen molar-refractivity contribution in [2.75, 3.05) is 13.2 Å². The summed E-state index contributed by atoms with van der Waals surface area (Å²) in [5, 5.41) is 11.8. The van der Waals surface area contributed by atoms with Gasteiger partial charge in [0, 0.05) is 23.2 Å². The summed E-state index contributed by atoms with van der Waals surface area (Å²) in [7, 11) is 0. The van der Waals surface area contributed by atoms with Crippen LogP contribution < -0.4 is 0 Å². The van der Waals surface area contributed by atoms with Gasteiger partial charge in [0.05, 0.1) is 12.7 Å². The molecule has 1 N–H and O–H groups in total. The molecule has 0 aromatic carbocycles. The van der Waals surface area contributed by atoms with Gasteiger partial charge >= 0.3 is 12.1 Å². The first-order valence-electron chi connectivity index (χ1n) is 15.6. The zero-order valence-corrected chi connectivity index (χ0v) is 25.0. The van der Waals surface area contributed by atoms with E-state index in [4.69, 9.17) is 14.2 Å². The van der Waals surface area contributed by atoms with Crippen molar-refractivity contribution >= 4 is 23.7 Å². The summed E-state index contributed by atoms with van der Waals surface area (Å²) >= 11 is 0. The Bertz CT molecular complexity index is 1130. The minimum atomic E-state index is -1.57. The number of carbonyl (C=O) groups excluding carboxylic acids is 4. The van der Waals surface area contributed by atoms with Crippen molar-refractivity contribution < 1.29 is 38.5 Å². The van der Waals surface area contributed by atoms with Gasteiger partial charge in [0.25, 0.3) is 0 Å². The van der Waals surface area contributed by atoms with Gasteiger partial charge in [-0.3, -0.25) is 14.4 Å². The fourth-order valence-electron chi connectivity index (χ4n) is 9.67. The molecule has 5 aliphatic carbocycles. The zero-order chi connectivity index (χ0) is 29.6. The molecule has 0 amide bonds. The van der Waals surface area contributed by atoms with Crippen LogP contribution in [-0.2, 0) is 28.6 Å². The molecule has 5 rings (SSSR count). The van der Waals surface area contributed by atoms with Crippen molar-refractivity contribution in [1.29, 1.82) is 0 Å². The number of rotatable bonds is 8. The van der Waals surface area contributed by atoms with E-state index in [0.29, 0.717) is 12.3 Å². The second kappa shape index (κ2) is 11.3. The van der Waals surface area contributed by atoms with E-state index in [9.17, 15) is 24.3 Å². The van der Waals surface area contributed by atoms with Gasteiger partial charge in [0.15, 0.2) is 18.0 Å². The average molecular weight is 571 g/mol. The molecular weight excluding hydrogens is 524 g/mol. The van der Waals surface area contributed by atoms with Crippen LogP contribution in [0.25, 0.3) is 0 Å². The number of allylic oxidation sites excluding steroid dienone is 4. The van der Waals surface area contributed by atoms with Crippen LogP contribution in [0.4, 0.5) is 4.79 Å². The third-order valence-corrected chi connectivity index (χ3v) is 11.5. The van der Waals surface area contributed by atoms with Gasteiger partial charge in [-0.25, -0.2) is 4.79 Å². The highest BCUT2D eigenvalue weighted by atomic mass is 16.7. The lowest BCUT2D eigenvalue weighted by atomic mass is 9.44. The SMILES string of the molecule is CCOC(=O)O[C@]1(C(=O)COC(=O)CCC2CCCC2)CC[C@H]2[C@@H]3C[C@H](C)C4=CC(=O)C=C[C@]4(C)[C@H]3C(O)C[C@@]21C. The molecule has 8 heteroatoms. The van der Waals surface area contributed by atoms with Gasteiger partial charge in [0.1, 0.15) is 0 Å². The van der Waals surface area contributed by atoms with Gasteiger partial charge in [-0.1, -0.05) is 58.1 Å². The first-order valence-corrected chi connectivity index (χ1v) is 15.6. The molecule has 5 aliphatic rings. The largest absolute Gasteiger partial charge is 0.509 e. The van der Waals surface area contributed by atoms with Crippen LogP contribution in [0.5, 0.6) is 0 Å². The number of aliphatic hydroxyl groups is 1. The smallest absolute Gasteiger partial charge is 0.457 e. The third kappa shape index (κ3) is 5.08. The molecular formula is C33H46O8. The number of carbonyl (C=O) groups is 4. The fourth-order valence-corrected chi connectivity index (χ4v) is 9.67. The van der Waals surface area contributed by atoms with Crippen LogP contribution in [-0.4, -0.2) is 53.7 Å². The van der Waals surface area contributed by atoms with Crippen molar-refractivity contribution in [3.05, 3.63) is 23.8 Å². The Hall–Kier alpha value is -2.48. The Labute approximate surface area is 243 Å². The molecule has 0 saturated heterocycles. The number of hydrogen-bond donors (Lipinski definition) is 1. The van der Waals surface area contributed by atoms with Crippen molar-refractivity contribution in [3.8, 4) is 0 Å². The summed E-state index contributed by atoms with van der Waals surface area (Å²) < 4.78 is 16.6. The molecule has 0 heterocycles. The summed E-state index contributed by atoms with van der Waals surface area (Å²) in [5.74, 6) is -0.316. The van der Waals surface area contributed by atoms with Crippen molar-refractivity contribution in [1.82, 2.24) is 0 Å². The summed E-state index contributed by atoms with van der Waals surface area (Å²) in [6.07, 6.45) is 11.2. The number of Topliss-reactive ketones (excluding diaryl/α,β-unsaturated/α-hetero) is 1. The molecule has 41 heavy (non-hydrogen) atoms. The lowest BCUT2D eigenvalue weighted by Crippen LogP contribution is -2.63. The molecule has 0 aromatic heterocycles. The van der Waals surface area contributed by atoms with Gasteiger partial charge in [-0.05, 0) is 74.9 Å². The van der Waals surface area contributed by atoms with Crippen LogP contribution in [0.15, 0.2) is 23.8 Å². The predicted octanol–water partition coefficient (Wildman–Crippen LogP) is 5.51. The average Bonchev–Trinajstić information content (AvgIpc) is 3.53. The number of fused-ring (bicyclic) bond motifs is 5. The second-order valence-corrected chi connectivity index (χ2v) is 13.7. The Morgan fingerprint density at radius 1 is 1.10 bits per heavy atom. The first kappa shape index (κ1) is 30.0. The van der Waals surface area contributed by atoms with Gasteiger partial charge in [0.2, 0.25) is 5.78 Å². The summed E-state index contributed by atoms with van der Waals surface area (Å²) in [6, 6.07) is 0. The molecule has 8 nitrogen and oxygen atoms in total. The number of aliphatic hydroxyl groups excluding tert-OH is 1. The number of ketones is 2. The standard InChI is InChI=1S/C33H46O8/c1-5-39-30(38)41-33(27(36)19-40-28(37)11-10-21-8-6-7-9-21)15-13-24-23-16-20(2)25-17-22(34)12-14-31(25,3)29(23)26(35)18-32(24,33)4/h12,14,17,20-21,23-24,26,29,35H,5-11,13,15-16,18-19H2,1-4H3/t20-,23-,24-,26?,29+,31-,32-,33-/m0/s1. The second-order valence-electron chi connectivity index (χ2n) is 13.7. The van der Waals surface area contributed by atoms with Crippen molar-refractivity contribution in [3.63, 3.8) is 0 Å². The Morgan fingerprint density at radius 3 is 2.54 bits per heavy atom. The number of hydrogen-bond acceptors (Lipinski definition) is 8. The topological polar surface area (TPSA) is 116 Å². The fraction of sp³-hybridized carbons (Fsp3) is 0.758. The minimum absolute atomic E-state index is 0.0146. The maximum absolute atomic E-state index is 14.0. The van der Waals surface area contributed by atoms with E-state index in [-0.39, 0.29) is 55.3 Å². The molecule has 0 aromatic rings. The maximum Gasteiger partial charge on any atom is 0.509 e. The van der Waals surface area contributed by atoms with Gasteiger partial charge in [-0.2, -0.15) is 0 Å². The molecule has 8 atom stereocenters. The monoisotopic (exact) mass is 570 g/mol. The third-order valence-electron chi connectivity index (χ3n) is 11.5. The quantitative estimate of drug-likeness (QED) is 0.380. The first-order chi connectivity index (χ1) is 19.4. The summed E-state index contributed by atoms with van der Waals surface area (Å²) in [4.78, 5) is 51.7. The maximum atomic E-state index is 14.0. The zero-order valence-electron chi connectivity index (χ0n) is 25.0. The predicted molar refractivity (Wildman–Crippen MR) is 151 cm³/mol. The van der Waals surface area contributed by atoms with E-state index in [1.54, 1.807) is 19.1 Å². The molecule has 0 bridgehead atoms. The van der Waals surface area contributed by atoms with Gasteiger partial charge < -0.3 is 19.3 Å². The van der Waals surface area contributed by atoms with Crippen molar-refractivity contribution in [2.24, 2.45) is 40.4 Å². The molecule has 0 aliphatic heterocycles. The summed E-state index contributed by atoms with van der Waals surface area (Å²) in [6.45, 7) is 7.48. The lowest BCUT2D eigenvalue weighted by molar-refractivity contribution is -0.187. The van der Waals surface area contributed by atoms with Crippen molar-refractivity contribution in [2.45, 2.75) is 104 Å². The molecule has 4 saturated carbocycles. The highest BCUT2D eigenvalue weighted by Crippen LogP contribution is 2.68.